The Morgan fingerprint density at radius 1 is 1.02 bits per heavy atom. The van der Waals surface area contributed by atoms with E-state index in [-0.39, 0.29) is 36.3 Å². The number of hydrogen-bond donors (Lipinski definition) is 3. The molecule has 0 aliphatic heterocycles. The Balaban J connectivity index is 1.52. The van der Waals surface area contributed by atoms with Crippen LogP contribution in [-0.4, -0.2) is 50.6 Å². The molecule has 4 rings (SSSR count). The zero-order chi connectivity index (χ0) is 29.9. The summed E-state index contributed by atoms with van der Waals surface area (Å²) in [5, 5.41) is 11.9. The molecule has 41 heavy (non-hydrogen) atoms. The van der Waals surface area contributed by atoms with Crippen LogP contribution < -0.4 is 16.0 Å². The van der Waals surface area contributed by atoms with Crippen LogP contribution in [-0.2, 0) is 9.59 Å². The second-order valence-electron chi connectivity index (χ2n) is 11.0. The molecule has 3 N–H and O–H groups in total. The van der Waals surface area contributed by atoms with Gasteiger partial charge in [-0.05, 0) is 75.1 Å². The Hall–Kier alpha value is -3.58. The molecular formula is C27H33F5N6O3. The molecule has 3 amide bonds. The van der Waals surface area contributed by atoms with Gasteiger partial charge in [-0.15, -0.1) is 0 Å². The third-order valence-corrected chi connectivity index (χ3v) is 7.36. The van der Waals surface area contributed by atoms with Gasteiger partial charge >= 0.3 is 6.18 Å². The highest BCUT2D eigenvalue weighted by atomic mass is 19.4. The van der Waals surface area contributed by atoms with Crippen LogP contribution in [0.25, 0.3) is 0 Å². The van der Waals surface area contributed by atoms with Crippen molar-refractivity contribution in [2.45, 2.75) is 89.0 Å². The van der Waals surface area contributed by atoms with Crippen molar-refractivity contribution in [3.8, 4) is 0 Å². The quantitative estimate of drug-likeness (QED) is 0.342. The topological polar surface area (TPSA) is 118 Å². The summed E-state index contributed by atoms with van der Waals surface area (Å²) in [5.74, 6) is -5.83. The molecule has 0 spiro atoms. The van der Waals surface area contributed by atoms with Crippen molar-refractivity contribution in [3.63, 3.8) is 0 Å². The third kappa shape index (κ3) is 8.23. The second-order valence-corrected chi connectivity index (χ2v) is 11.0. The number of anilines is 1. The Morgan fingerprint density at radius 3 is 2.32 bits per heavy atom. The highest BCUT2D eigenvalue weighted by Crippen LogP contribution is 2.42. The van der Waals surface area contributed by atoms with Crippen LogP contribution in [0.4, 0.5) is 27.8 Å². The van der Waals surface area contributed by atoms with Crippen LogP contribution in [0.3, 0.4) is 0 Å². The van der Waals surface area contributed by atoms with Crippen molar-refractivity contribution in [1.29, 1.82) is 0 Å². The maximum Gasteiger partial charge on any atom is 0.397 e. The first-order valence-electron chi connectivity index (χ1n) is 13.6. The average Bonchev–Trinajstić information content (AvgIpc) is 3.59. The summed E-state index contributed by atoms with van der Waals surface area (Å²) in [7, 11) is 0. The van der Waals surface area contributed by atoms with Gasteiger partial charge in [0.1, 0.15) is 24.0 Å². The number of hydrogen-bond acceptors (Lipinski definition) is 5. The van der Waals surface area contributed by atoms with Gasteiger partial charge in [-0.1, -0.05) is 0 Å². The minimum atomic E-state index is -4.65. The fraction of sp³-hybridized carbons (Fsp3) is 0.593. The van der Waals surface area contributed by atoms with Crippen molar-refractivity contribution in [3.05, 3.63) is 41.9 Å². The van der Waals surface area contributed by atoms with E-state index < -0.39 is 67.1 Å². The summed E-state index contributed by atoms with van der Waals surface area (Å²) in [4.78, 5) is 42.8. The number of amides is 3. The smallest absolute Gasteiger partial charge is 0.349 e. The summed E-state index contributed by atoms with van der Waals surface area (Å²) in [6.07, 6.45) is -2.84. The van der Waals surface area contributed by atoms with Gasteiger partial charge in [0.15, 0.2) is 0 Å². The number of pyridine rings is 1. The zero-order valence-electron chi connectivity index (χ0n) is 22.7. The number of carbonyl (C=O) groups excluding carboxylic acids is 3. The van der Waals surface area contributed by atoms with Crippen molar-refractivity contribution in [2.75, 3.05) is 5.32 Å². The number of halogens is 5. The van der Waals surface area contributed by atoms with Crippen molar-refractivity contribution in [1.82, 2.24) is 25.4 Å². The molecular weight excluding hydrogens is 551 g/mol. The first-order chi connectivity index (χ1) is 19.2. The van der Waals surface area contributed by atoms with Gasteiger partial charge in [-0.3, -0.25) is 19.1 Å². The minimum Gasteiger partial charge on any atom is -0.349 e. The van der Waals surface area contributed by atoms with Crippen LogP contribution in [0.15, 0.2) is 30.6 Å². The molecule has 9 nitrogen and oxygen atoms in total. The summed E-state index contributed by atoms with van der Waals surface area (Å²) >= 11 is 0. The highest BCUT2D eigenvalue weighted by molar-refractivity contribution is 6.00. The Labute approximate surface area is 233 Å². The molecule has 2 atom stereocenters. The normalized spacial score (nSPS) is 18.9. The van der Waals surface area contributed by atoms with E-state index in [1.165, 1.54) is 29.2 Å². The largest absolute Gasteiger partial charge is 0.397 e. The molecule has 2 aliphatic carbocycles. The molecule has 224 valence electrons. The van der Waals surface area contributed by atoms with E-state index in [4.69, 9.17) is 0 Å². The summed E-state index contributed by atoms with van der Waals surface area (Å²) in [5.41, 5.74) is 0.674. The van der Waals surface area contributed by atoms with Crippen LogP contribution in [0.1, 0.15) is 86.9 Å². The first kappa shape index (κ1) is 30.4. The fourth-order valence-corrected chi connectivity index (χ4v) is 5.14. The zero-order valence-corrected chi connectivity index (χ0v) is 22.7. The summed E-state index contributed by atoms with van der Waals surface area (Å²) < 4.78 is 67.4. The Bertz CT molecular complexity index is 1250. The van der Waals surface area contributed by atoms with Gasteiger partial charge in [0.25, 0.3) is 5.91 Å². The van der Waals surface area contributed by atoms with Gasteiger partial charge in [0, 0.05) is 31.3 Å². The molecule has 2 unspecified atom stereocenters. The van der Waals surface area contributed by atoms with Gasteiger partial charge in [0.05, 0.1) is 6.04 Å². The molecule has 2 aromatic rings. The molecule has 2 heterocycles. The van der Waals surface area contributed by atoms with Crippen molar-refractivity contribution < 1.29 is 36.3 Å². The van der Waals surface area contributed by atoms with E-state index in [1.54, 1.807) is 6.07 Å². The van der Waals surface area contributed by atoms with E-state index in [2.05, 4.69) is 26.0 Å². The molecule has 0 saturated heterocycles. The summed E-state index contributed by atoms with van der Waals surface area (Å²) in [6, 6.07) is 2.49. The van der Waals surface area contributed by atoms with E-state index in [1.807, 2.05) is 13.8 Å². The van der Waals surface area contributed by atoms with E-state index in [0.29, 0.717) is 18.4 Å². The fourth-order valence-electron chi connectivity index (χ4n) is 5.14. The lowest BCUT2D eigenvalue weighted by Crippen LogP contribution is -2.50. The average molecular weight is 585 g/mol. The van der Waals surface area contributed by atoms with Gasteiger partial charge in [-0.25, -0.2) is 13.8 Å². The second kappa shape index (κ2) is 12.1. The number of nitrogens with one attached hydrogen (secondary N) is 3. The van der Waals surface area contributed by atoms with Crippen LogP contribution in [0, 0.1) is 11.8 Å². The Kier molecular flexibility index (Phi) is 8.97. The maximum absolute atomic E-state index is 13.9. The molecule has 2 aromatic heterocycles. The monoisotopic (exact) mass is 584 g/mol. The highest BCUT2D eigenvalue weighted by Gasteiger charge is 2.41. The number of nitrogens with zero attached hydrogens (tertiary/aromatic N) is 3. The predicted octanol–water partition coefficient (Wildman–Crippen LogP) is 4.94. The minimum absolute atomic E-state index is 0.0112. The molecule has 0 bridgehead atoms. The lowest BCUT2D eigenvalue weighted by molar-refractivity contribution is -0.154. The van der Waals surface area contributed by atoms with Gasteiger partial charge in [-0.2, -0.15) is 18.3 Å². The van der Waals surface area contributed by atoms with Crippen molar-refractivity contribution >= 4 is 23.5 Å². The van der Waals surface area contributed by atoms with Crippen LogP contribution in [0.5, 0.6) is 0 Å². The summed E-state index contributed by atoms with van der Waals surface area (Å²) in [6.45, 7) is 3.66. The molecule has 2 fully saturated rings. The van der Waals surface area contributed by atoms with Gasteiger partial charge < -0.3 is 16.0 Å². The predicted molar refractivity (Wildman–Crippen MR) is 138 cm³/mol. The molecule has 2 aliphatic rings. The number of alkyl halides is 5. The van der Waals surface area contributed by atoms with Crippen molar-refractivity contribution in [2.24, 2.45) is 11.8 Å². The van der Waals surface area contributed by atoms with E-state index in [0.717, 1.165) is 0 Å². The SMILES string of the molecule is CC(C)n1nccc1C(=O)NC(C(=O)Nc1cc(C(NC(=O)CC(F)(F)F)C2CC2)ccn1)C1CCC(F)(F)CC1. The Morgan fingerprint density at radius 2 is 1.71 bits per heavy atom. The number of aromatic nitrogens is 3. The van der Waals surface area contributed by atoms with E-state index in [9.17, 15) is 36.3 Å². The van der Waals surface area contributed by atoms with Crippen LogP contribution in [0.2, 0.25) is 0 Å². The van der Waals surface area contributed by atoms with E-state index >= 15 is 0 Å². The number of carbonyl (C=O) groups is 3. The van der Waals surface area contributed by atoms with Crippen LogP contribution >= 0.6 is 0 Å². The maximum atomic E-state index is 13.9. The first-order valence-corrected chi connectivity index (χ1v) is 13.6. The molecule has 0 radical (unpaired) electrons. The standard InChI is InChI=1S/C27H33F5N6O3/c1-15(2)38-19(8-12-34-38)24(40)37-23(17-5-9-26(28,29)10-6-17)25(41)35-20-13-18(7-11-33-20)22(16-3-4-16)36-21(39)14-27(30,31)32/h7-8,11-13,15-17,22-23H,3-6,9-10,14H2,1-2H3,(H,36,39)(H,37,40)(H,33,35,41). The molecule has 14 heteroatoms. The van der Waals surface area contributed by atoms with Gasteiger partial charge in [0.2, 0.25) is 17.7 Å². The lowest BCUT2D eigenvalue weighted by atomic mass is 9.81. The third-order valence-electron chi connectivity index (χ3n) is 7.36. The number of rotatable bonds is 10. The molecule has 0 aromatic carbocycles. The lowest BCUT2D eigenvalue weighted by Gasteiger charge is -2.33. The molecule has 2 saturated carbocycles.